The van der Waals surface area contributed by atoms with Crippen LogP contribution < -0.4 is 0 Å². The van der Waals surface area contributed by atoms with Crippen LogP contribution in [0.5, 0.6) is 0 Å². The fourth-order valence-electron chi connectivity index (χ4n) is 3.69. The summed E-state index contributed by atoms with van der Waals surface area (Å²) < 4.78 is 0. The van der Waals surface area contributed by atoms with Gasteiger partial charge in [-0.25, -0.2) is 0 Å². The SMILES string of the molecule is CCCCCCC(/C=C1/C[C@H]1c1ccccc1)C(O)c1ccccc1. The van der Waals surface area contributed by atoms with Gasteiger partial charge in [0.15, 0.2) is 0 Å². The van der Waals surface area contributed by atoms with E-state index in [1.165, 1.54) is 36.8 Å². The molecule has 1 saturated carbocycles. The predicted molar refractivity (Wildman–Crippen MR) is 106 cm³/mol. The fraction of sp³-hybridized carbons (Fsp3) is 0.417. The van der Waals surface area contributed by atoms with Gasteiger partial charge in [-0.3, -0.25) is 0 Å². The van der Waals surface area contributed by atoms with Crippen LogP contribution in [0.1, 0.15) is 68.6 Å². The number of allylic oxidation sites excluding steroid dienone is 1. The van der Waals surface area contributed by atoms with E-state index >= 15 is 0 Å². The average Bonchev–Trinajstić information content (AvgIpc) is 3.44. The molecule has 1 N–H and O–H groups in total. The summed E-state index contributed by atoms with van der Waals surface area (Å²) in [6.07, 6.45) is 9.20. The van der Waals surface area contributed by atoms with Gasteiger partial charge >= 0.3 is 0 Å². The van der Waals surface area contributed by atoms with Crippen molar-refractivity contribution in [2.75, 3.05) is 0 Å². The van der Waals surface area contributed by atoms with Crippen molar-refractivity contribution in [2.45, 2.75) is 57.5 Å². The highest BCUT2D eigenvalue weighted by molar-refractivity contribution is 5.41. The Balaban J connectivity index is 1.69. The first kappa shape index (κ1) is 17.9. The van der Waals surface area contributed by atoms with Crippen LogP contribution in [0.2, 0.25) is 0 Å². The zero-order chi connectivity index (χ0) is 17.5. The van der Waals surface area contributed by atoms with E-state index in [-0.39, 0.29) is 5.92 Å². The third kappa shape index (κ3) is 5.06. The predicted octanol–water partition coefficient (Wildman–Crippen LogP) is 6.42. The molecule has 0 amide bonds. The Bertz CT molecular complexity index is 659. The van der Waals surface area contributed by atoms with Crippen LogP contribution in [-0.2, 0) is 0 Å². The minimum absolute atomic E-state index is 0.225. The maximum atomic E-state index is 10.9. The molecular weight excluding hydrogens is 304 g/mol. The second kappa shape index (κ2) is 9.01. The Morgan fingerprint density at radius 2 is 1.64 bits per heavy atom. The molecule has 3 rings (SSSR count). The molecule has 1 nitrogen and oxygen atoms in total. The average molecular weight is 335 g/mol. The molecule has 0 aliphatic heterocycles. The van der Waals surface area contributed by atoms with Crippen molar-refractivity contribution < 1.29 is 5.11 Å². The summed E-state index contributed by atoms with van der Waals surface area (Å²) in [7, 11) is 0. The molecule has 25 heavy (non-hydrogen) atoms. The lowest BCUT2D eigenvalue weighted by molar-refractivity contribution is 0.125. The van der Waals surface area contributed by atoms with E-state index in [1.807, 2.05) is 30.3 Å². The maximum Gasteiger partial charge on any atom is 0.0852 e. The Labute approximate surface area is 152 Å². The summed E-state index contributed by atoms with van der Waals surface area (Å²) in [4.78, 5) is 0. The van der Waals surface area contributed by atoms with Gasteiger partial charge in [-0.05, 0) is 24.0 Å². The van der Waals surface area contributed by atoms with Crippen LogP contribution in [0.3, 0.4) is 0 Å². The molecule has 2 unspecified atom stereocenters. The van der Waals surface area contributed by atoms with Crippen molar-refractivity contribution in [1.29, 1.82) is 0 Å². The molecule has 3 atom stereocenters. The second-order valence-corrected chi connectivity index (χ2v) is 7.28. The van der Waals surface area contributed by atoms with Crippen LogP contribution >= 0.6 is 0 Å². The lowest BCUT2D eigenvalue weighted by Gasteiger charge is -2.20. The van der Waals surface area contributed by atoms with E-state index in [9.17, 15) is 5.11 Å². The lowest BCUT2D eigenvalue weighted by atomic mass is 9.90. The topological polar surface area (TPSA) is 20.2 Å². The number of hydrogen-bond acceptors (Lipinski definition) is 1. The molecule has 1 aliphatic carbocycles. The molecule has 1 heteroatoms. The molecule has 1 aliphatic rings. The first-order chi connectivity index (χ1) is 12.3. The van der Waals surface area contributed by atoms with Gasteiger partial charge in [0.2, 0.25) is 0 Å². The van der Waals surface area contributed by atoms with Crippen LogP contribution in [0, 0.1) is 5.92 Å². The van der Waals surface area contributed by atoms with E-state index in [2.05, 4.69) is 43.3 Å². The Morgan fingerprint density at radius 1 is 0.960 bits per heavy atom. The highest BCUT2D eigenvalue weighted by atomic mass is 16.3. The van der Waals surface area contributed by atoms with E-state index in [1.54, 1.807) is 0 Å². The number of hydrogen-bond donors (Lipinski definition) is 1. The minimum Gasteiger partial charge on any atom is -0.388 e. The molecule has 0 saturated heterocycles. The highest BCUT2D eigenvalue weighted by Gasteiger charge is 2.32. The summed E-state index contributed by atoms with van der Waals surface area (Å²) in [5.41, 5.74) is 3.95. The van der Waals surface area contributed by atoms with Crippen molar-refractivity contribution >= 4 is 0 Å². The van der Waals surface area contributed by atoms with Gasteiger partial charge in [0.1, 0.15) is 0 Å². The third-order valence-corrected chi connectivity index (χ3v) is 5.30. The first-order valence-corrected chi connectivity index (χ1v) is 9.78. The molecule has 132 valence electrons. The molecule has 1 fully saturated rings. The first-order valence-electron chi connectivity index (χ1n) is 9.78. The van der Waals surface area contributed by atoms with E-state index < -0.39 is 6.10 Å². The van der Waals surface area contributed by atoms with Crippen LogP contribution in [-0.4, -0.2) is 5.11 Å². The number of aliphatic hydroxyl groups is 1. The Kier molecular flexibility index (Phi) is 6.47. The highest BCUT2D eigenvalue weighted by Crippen LogP contribution is 2.48. The summed E-state index contributed by atoms with van der Waals surface area (Å²) >= 11 is 0. The van der Waals surface area contributed by atoms with E-state index in [0.29, 0.717) is 5.92 Å². The summed E-state index contributed by atoms with van der Waals surface area (Å²) in [5.74, 6) is 0.797. The largest absolute Gasteiger partial charge is 0.388 e. The lowest BCUT2D eigenvalue weighted by Crippen LogP contribution is -2.10. The van der Waals surface area contributed by atoms with Crippen LogP contribution in [0.25, 0.3) is 0 Å². The minimum atomic E-state index is -0.396. The van der Waals surface area contributed by atoms with Gasteiger partial charge in [0.25, 0.3) is 0 Å². The van der Waals surface area contributed by atoms with Gasteiger partial charge in [-0.2, -0.15) is 0 Å². The molecule has 0 radical (unpaired) electrons. The maximum absolute atomic E-state index is 10.9. The quantitative estimate of drug-likeness (QED) is 0.414. The molecule has 2 aromatic carbocycles. The fourth-order valence-corrected chi connectivity index (χ4v) is 3.69. The standard InChI is InChI=1S/C24H30O/c1-2-3-4-7-16-21(24(25)20-14-10-6-11-15-20)17-22-18-23(22)19-12-8-5-9-13-19/h5-6,8-15,17,21,23-25H,2-4,7,16,18H2,1H3/b22-17-/t21?,23-,24?/m0/s1. The van der Waals surface area contributed by atoms with Gasteiger partial charge < -0.3 is 5.11 Å². The van der Waals surface area contributed by atoms with Crippen molar-refractivity contribution in [3.05, 3.63) is 83.4 Å². The van der Waals surface area contributed by atoms with Crippen molar-refractivity contribution in [2.24, 2.45) is 5.92 Å². The van der Waals surface area contributed by atoms with Gasteiger partial charge in [-0.15, -0.1) is 0 Å². The molecular formula is C24H30O. The molecule has 0 aromatic heterocycles. The molecule has 0 bridgehead atoms. The molecule has 0 spiro atoms. The normalized spacial score (nSPS) is 20.4. The van der Waals surface area contributed by atoms with Crippen LogP contribution in [0.4, 0.5) is 0 Å². The van der Waals surface area contributed by atoms with Crippen LogP contribution in [0.15, 0.2) is 72.3 Å². The second-order valence-electron chi connectivity index (χ2n) is 7.28. The van der Waals surface area contributed by atoms with Gasteiger partial charge in [0.05, 0.1) is 6.10 Å². The molecule has 2 aromatic rings. The van der Waals surface area contributed by atoms with Crippen molar-refractivity contribution in [3.63, 3.8) is 0 Å². The zero-order valence-electron chi connectivity index (χ0n) is 15.3. The number of aliphatic hydroxyl groups excluding tert-OH is 1. The number of unbranched alkanes of at least 4 members (excludes halogenated alkanes) is 3. The summed E-state index contributed by atoms with van der Waals surface area (Å²) in [5, 5.41) is 10.9. The monoisotopic (exact) mass is 334 g/mol. The smallest absolute Gasteiger partial charge is 0.0852 e. The molecule has 0 heterocycles. The Morgan fingerprint density at radius 3 is 2.32 bits per heavy atom. The van der Waals surface area contributed by atoms with Gasteiger partial charge in [-0.1, -0.05) is 105 Å². The van der Waals surface area contributed by atoms with Gasteiger partial charge in [0, 0.05) is 11.8 Å². The van der Waals surface area contributed by atoms with E-state index in [4.69, 9.17) is 0 Å². The Hall–Kier alpha value is -1.86. The number of benzene rings is 2. The summed E-state index contributed by atoms with van der Waals surface area (Å²) in [6, 6.07) is 20.9. The van der Waals surface area contributed by atoms with E-state index in [0.717, 1.165) is 18.4 Å². The summed E-state index contributed by atoms with van der Waals surface area (Å²) in [6.45, 7) is 2.24. The van der Waals surface area contributed by atoms with Crippen molar-refractivity contribution in [1.82, 2.24) is 0 Å². The zero-order valence-corrected chi connectivity index (χ0v) is 15.3. The number of rotatable bonds is 9. The third-order valence-electron chi connectivity index (χ3n) is 5.30. The van der Waals surface area contributed by atoms with Crippen molar-refractivity contribution in [3.8, 4) is 0 Å².